The Morgan fingerprint density at radius 3 is 2.12 bits per heavy atom. The van der Waals surface area contributed by atoms with Crippen LogP contribution in [0.1, 0.15) is 44.0 Å². The highest BCUT2D eigenvalue weighted by Gasteiger charge is 2.24. The van der Waals surface area contributed by atoms with Gasteiger partial charge < -0.3 is 9.90 Å². The van der Waals surface area contributed by atoms with Gasteiger partial charge in [-0.05, 0) is 20.3 Å². The van der Waals surface area contributed by atoms with Crippen LogP contribution in [-0.4, -0.2) is 22.8 Å². The largest absolute Gasteiger partial charge is 0.382 e. The first-order chi connectivity index (χ1) is 7.93. The molecule has 3 nitrogen and oxygen atoms in total. The molecular formula is C14H20O3. The first-order valence-electron chi connectivity index (χ1n) is 5.69. The third kappa shape index (κ3) is 6.64. The molecule has 1 aromatic rings. The molecule has 0 heterocycles. The van der Waals surface area contributed by atoms with Gasteiger partial charge in [0.25, 0.3) is 0 Å². The number of aliphatic hydroxyl groups is 1. The molecule has 1 rings (SSSR count). The second kappa shape index (κ2) is 7.74. The molecule has 0 aliphatic rings. The summed E-state index contributed by atoms with van der Waals surface area (Å²) in [6.07, 6.45) is 2.61. The third-order valence-corrected chi connectivity index (χ3v) is 2.00. The van der Waals surface area contributed by atoms with Crippen molar-refractivity contribution in [2.75, 3.05) is 0 Å². The van der Waals surface area contributed by atoms with Gasteiger partial charge in [0, 0.05) is 12.0 Å². The van der Waals surface area contributed by atoms with Crippen LogP contribution in [-0.2, 0) is 4.79 Å². The van der Waals surface area contributed by atoms with Crippen LogP contribution in [0.25, 0.3) is 0 Å². The average molecular weight is 236 g/mol. The lowest BCUT2D eigenvalue weighted by Crippen LogP contribution is -2.30. The molecule has 17 heavy (non-hydrogen) atoms. The van der Waals surface area contributed by atoms with Crippen LogP contribution in [0, 0.1) is 0 Å². The summed E-state index contributed by atoms with van der Waals surface area (Å²) in [4.78, 5) is 20.8. The van der Waals surface area contributed by atoms with Gasteiger partial charge in [-0.15, -0.1) is 0 Å². The van der Waals surface area contributed by atoms with Crippen LogP contribution < -0.4 is 0 Å². The Bertz CT molecular complexity index is 336. The van der Waals surface area contributed by atoms with E-state index in [0.717, 1.165) is 12.7 Å². The number of aldehydes is 1. The van der Waals surface area contributed by atoms with Crippen molar-refractivity contribution in [3.8, 4) is 0 Å². The number of ketones is 1. The molecule has 3 heteroatoms. The van der Waals surface area contributed by atoms with Crippen LogP contribution in [0.15, 0.2) is 30.3 Å². The van der Waals surface area contributed by atoms with Crippen molar-refractivity contribution in [3.63, 3.8) is 0 Å². The summed E-state index contributed by atoms with van der Waals surface area (Å²) in [6, 6.07) is 8.78. The topological polar surface area (TPSA) is 54.4 Å². The molecule has 0 bridgehead atoms. The van der Waals surface area contributed by atoms with Crippen LogP contribution >= 0.6 is 0 Å². The van der Waals surface area contributed by atoms with Crippen molar-refractivity contribution in [2.45, 2.75) is 39.2 Å². The van der Waals surface area contributed by atoms with Crippen LogP contribution in [0.2, 0.25) is 0 Å². The molecule has 0 aliphatic carbocycles. The van der Waals surface area contributed by atoms with E-state index in [1.165, 1.54) is 13.8 Å². The SMILES string of the molecule is CC(C)(O)C(=O)c1ccccc1.CCCC=O. The number of Topliss-reactive ketones (excluding diaryl/α,β-unsaturated/α-hetero) is 1. The van der Waals surface area contributed by atoms with E-state index in [9.17, 15) is 14.7 Å². The summed E-state index contributed by atoms with van der Waals surface area (Å²) in [5, 5.41) is 9.39. The van der Waals surface area contributed by atoms with Gasteiger partial charge in [0.1, 0.15) is 11.9 Å². The summed E-state index contributed by atoms with van der Waals surface area (Å²) in [5.74, 6) is -0.247. The van der Waals surface area contributed by atoms with Gasteiger partial charge in [-0.25, -0.2) is 0 Å². The lowest BCUT2D eigenvalue weighted by molar-refractivity contribution is -0.107. The molecule has 1 N–H and O–H groups in total. The molecule has 0 radical (unpaired) electrons. The Labute approximate surface area is 102 Å². The summed E-state index contributed by atoms with van der Waals surface area (Å²) >= 11 is 0. The first kappa shape index (κ1) is 15.5. The standard InChI is InChI=1S/C10H12O2.C4H8O/c1-10(2,12)9(11)8-6-4-3-5-7-8;1-2-3-4-5/h3-7,12H,1-2H3;4H,2-3H2,1H3. The smallest absolute Gasteiger partial charge is 0.193 e. The molecule has 0 saturated heterocycles. The molecular weight excluding hydrogens is 216 g/mol. The fourth-order valence-corrected chi connectivity index (χ4v) is 1.06. The van der Waals surface area contributed by atoms with Gasteiger partial charge in [-0.3, -0.25) is 4.79 Å². The van der Waals surface area contributed by atoms with Crippen molar-refractivity contribution in [1.82, 2.24) is 0 Å². The summed E-state index contributed by atoms with van der Waals surface area (Å²) in [6.45, 7) is 4.96. The normalized spacial score (nSPS) is 10.1. The molecule has 0 aromatic heterocycles. The Kier molecular flexibility index (Phi) is 7.06. The van der Waals surface area contributed by atoms with Crippen molar-refractivity contribution in [1.29, 1.82) is 0 Å². The van der Waals surface area contributed by atoms with E-state index in [4.69, 9.17) is 0 Å². The van der Waals surface area contributed by atoms with Gasteiger partial charge in [-0.2, -0.15) is 0 Å². The Morgan fingerprint density at radius 1 is 1.29 bits per heavy atom. The van der Waals surface area contributed by atoms with E-state index >= 15 is 0 Å². The lowest BCUT2D eigenvalue weighted by atomic mass is 9.97. The third-order valence-electron chi connectivity index (χ3n) is 2.00. The molecule has 94 valence electrons. The molecule has 0 atom stereocenters. The van der Waals surface area contributed by atoms with Crippen molar-refractivity contribution >= 4 is 12.1 Å². The number of benzene rings is 1. The maximum atomic E-state index is 11.4. The van der Waals surface area contributed by atoms with Gasteiger partial charge in [0.05, 0.1) is 0 Å². The van der Waals surface area contributed by atoms with E-state index in [1.54, 1.807) is 24.3 Å². The van der Waals surface area contributed by atoms with Crippen LogP contribution in [0.5, 0.6) is 0 Å². The zero-order valence-electron chi connectivity index (χ0n) is 10.6. The fourth-order valence-electron chi connectivity index (χ4n) is 1.06. The first-order valence-corrected chi connectivity index (χ1v) is 5.69. The highest BCUT2D eigenvalue weighted by Crippen LogP contribution is 2.11. The minimum atomic E-state index is -1.28. The van der Waals surface area contributed by atoms with E-state index in [2.05, 4.69) is 0 Å². The summed E-state index contributed by atoms with van der Waals surface area (Å²) in [7, 11) is 0. The predicted octanol–water partition coefficient (Wildman–Crippen LogP) is 2.63. The van der Waals surface area contributed by atoms with Gasteiger partial charge in [-0.1, -0.05) is 37.3 Å². The van der Waals surface area contributed by atoms with Gasteiger partial charge >= 0.3 is 0 Å². The van der Waals surface area contributed by atoms with Crippen molar-refractivity contribution in [2.24, 2.45) is 0 Å². The van der Waals surface area contributed by atoms with Crippen molar-refractivity contribution in [3.05, 3.63) is 35.9 Å². The Balaban J connectivity index is 0.000000437. The number of hydrogen-bond donors (Lipinski definition) is 1. The number of unbranched alkanes of at least 4 members (excludes halogenated alkanes) is 1. The molecule has 0 saturated carbocycles. The fraction of sp³-hybridized carbons (Fsp3) is 0.429. The second-order valence-corrected chi connectivity index (χ2v) is 4.21. The quantitative estimate of drug-likeness (QED) is 0.646. The van der Waals surface area contributed by atoms with E-state index < -0.39 is 5.60 Å². The number of hydrogen-bond acceptors (Lipinski definition) is 3. The minimum absolute atomic E-state index is 0.247. The molecule has 0 spiro atoms. The number of carbonyl (C=O) groups is 2. The van der Waals surface area contributed by atoms with Gasteiger partial charge in [0.2, 0.25) is 0 Å². The minimum Gasteiger partial charge on any atom is -0.382 e. The predicted molar refractivity (Wildman–Crippen MR) is 68.0 cm³/mol. The van der Waals surface area contributed by atoms with E-state index in [1.807, 2.05) is 13.0 Å². The number of carbonyl (C=O) groups excluding carboxylic acids is 2. The summed E-state index contributed by atoms with van der Waals surface area (Å²) < 4.78 is 0. The molecule has 0 aliphatic heterocycles. The van der Waals surface area contributed by atoms with E-state index in [0.29, 0.717) is 12.0 Å². The summed E-state index contributed by atoms with van der Waals surface area (Å²) in [5.41, 5.74) is -0.730. The highest BCUT2D eigenvalue weighted by atomic mass is 16.3. The Morgan fingerprint density at radius 2 is 1.82 bits per heavy atom. The number of rotatable bonds is 4. The average Bonchev–Trinajstić information content (AvgIpc) is 2.30. The maximum Gasteiger partial charge on any atom is 0.193 e. The molecule has 0 amide bonds. The Hall–Kier alpha value is -1.48. The van der Waals surface area contributed by atoms with E-state index in [-0.39, 0.29) is 5.78 Å². The van der Waals surface area contributed by atoms with Crippen LogP contribution in [0.3, 0.4) is 0 Å². The molecule has 1 aromatic carbocycles. The molecule has 0 fully saturated rings. The second-order valence-electron chi connectivity index (χ2n) is 4.21. The molecule has 0 unspecified atom stereocenters. The monoisotopic (exact) mass is 236 g/mol. The maximum absolute atomic E-state index is 11.4. The van der Waals surface area contributed by atoms with Crippen molar-refractivity contribution < 1.29 is 14.7 Å². The lowest BCUT2D eigenvalue weighted by Gasteiger charge is -2.14. The highest BCUT2D eigenvalue weighted by molar-refractivity contribution is 6.01. The zero-order chi connectivity index (χ0) is 13.3. The van der Waals surface area contributed by atoms with Crippen LogP contribution in [0.4, 0.5) is 0 Å². The zero-order valence-corrected chi connectivity index (χ0v) is 10.6. The van der Waals surface area contributed by atoms with Gasteiger partial charge in [0.15, 0.2) is 5.78 Å².